The third-order valence-corrected chi connectivity index (χ3v) is 7.37. The van der Waals surface area contributed by atoms with Gasteiger partial charge in [-0.1, -0.05) is 53.2 Å². The molecule has 1 aliphatic rings. The number of hydrogen-bond acceptors (Lipinski definition) is 7. The van der Waals surface area contributed by atoms with E-state index in [0.29, 0.717) is 55.4 Å². The molecule has 0 aliphatic carbocycles. The molecular weight excluding hydrogens is 579 g/mol. The van der Waals surface area contributed by atoms with Crippen molar-refractivity contribution in [2.24, 2.45) is 0 Å². The number of thiocarbonyl (C=S) groups is 1. The van der Waals surface area contributed by atoms with Crippen molar-refractivity contribution in [3.05, 3.63) is 81.2 Å². The Balaban J connectivity index is 1.45. The van der Waals surface area contributed by atoms with Crippen LogP contribution in [0.25, 0.3) is 6.08 Å². The predicted molar refractivity (Wildman–Crippen MR) is 161 cm³/mol. The van der Waals surface area contributed by atoms with Crippen molar-refractivity contribution in [2.45, 2.75) is 13.8 Å². The summed E-state index contributed by atoms with van der Waals surface area (Å²) >= 11 is 18.6. The lowest BCUT2D eigenvalue weighted by atomic mass is 10.1. The van der Waals surface area contributed by atoms with Crippen LogP contribution in [0.2, 0.25) is 10.0 Å². The monoisotopic (exact) mass is 602 g/mol. The highest BCUT2D eigenvalue weighted by Gasteiger charge is 2.33. The third kappa shape index (κ3) is 7.24. The largest absolute Gasteiger partial charge is 0.494 e. The zero-order chi connectivity index (χ0) is 27.9. The van der Waals surface area contributed by atoms with Crippen LogP contribution >= 0.6 is 47.2 Å². The fourth-order valence-electron chi connectivity index (χ4n) is 3.62. The molecule has 1 saturated heterocycles. The summed E-state index contributed by atoms with van der Waals surface area (Å²) in [7, 11) is 0. The number of halogens is 2. The molecule has 0 atom stereocenters. The topological polar surface area (TPSA) is 77.1 Å². The second kappa shape index (κ2) is 13.2. The SMILES string of the molecule is CCOc1ccc(N2C(=O)/C(=C/c3ccc(OCC(=O)Nc4ccc(Cl)c(Cl)c4)c(OCC)c3)SC2=S)cc1. The molecule has 0 aromatic heterocycles. The minimum atomic E-state index is -0.377. The van der Waals surface area contributed by atoms with Crippen molar-refractivity contribution in [2.75, 3.05) is 30.0 Å². The molecule has 4 rings (SSSR count). The van der Waals surface area contributed by atoms with Crippen LogP contribution in [-0.2, 0) is 9.59 Å². The van der Waals surface area contributed by atoms with Crippen LogP contribution < -0.4 is 24.4 Å². The van der Waals surface area contributed by atoms with Crippen molar-refractivity contribution in [3.8, 4) is 17.2 Å². The number of amides is 2. The Bertz CT molecular complexity index is 1430. The van der Waals surface area contributed by atoms with E-state index < -0.39 is 0 Å². The number of carbonyl (C=O) groups is 2. The van der Waals surface area contributed by atoms with Crippen LogP contribution in [0.4, 0.5) is 11.4 Å². The molecule has 0 spiro atoms. The number of anilines is 2. The van der Waals surface area contributed by atoms with Gasteiger partial charge in [-0.2, -0.15) is 0 Å². The number of nitrogens with zero attached hydrogens (tertiary/aromatic N) is 1. The third-order valence-electron chi connectivity index (χ3n) is 5.33. The number of thioether (sulfide) groups is 1. The van der Waals surface area contributed by atoms with E-state index in [2.05, 4.69) is 5.32 Å². The number of carbonyl (C=O) groups excluding carboxylic acids is 2. The zero-order valence-electron chi connectivity index (χ0n) is 21.0. The van der Waals surface area contributed by atoms with E-state index in [4.69, 9.17) is 49.6 Å². The molecule has 202 valence electrons. The fourth-order valence-corrected chi connectivity index (χ4v) is 5.21. The Labute approximate surface area is 246 Å². The van der Waals surface area contributed by atoms with Crippen molar-refractivity contribution in [3.63, 3.8) is 0 Å². The van der Waals surface area contributed by atoms with E-state index in [-0.39, 0.29) is 18.4 Å². The molecular formula is C28H24Cl2N2O5S2. The number of benzene rings is 3. The highest BCUT2D eigenvalue weighted by molar-refractivity contribution is 8.27. The maximum absolute atomic E-state index is 13.2. The van der Waals surface area contributed by atoms with Crippen LogP contribution in [0.15, 0.2) is 65.6 Å². The molecule has 1 N–H and O–H groups in total. The van der Waals surface area contributed by atoms with Crippen molar-refractivity contribution >= 4 is 80.8 Å². The van der Waals surface area contributed by atoms with Gasteiger partial charge in [-0.3, -0.25) is 14.5 Å². The summed E-state index contributed by atoms with van der Waals surface area (Å²) in [5, 5.41) is 3.43. The Morgan fingerprint density at radius 3 is 2.38 bits per heavy atom. The van der Waals surface area contributed by atoms with Gasteiger partial charge in [0.2, 0.25) is 0 Å². The normalized spacial score (nSPS) is 14.1. The second-order valence-corrected chi connectivity index (χ2v) is 10.5. The molecule has 2 amide bonds. The van der Waals surface area contributed by atoms with E-state index in [1.807, 2.05) is 13.8 Å². The van der Waals surface area contributed by atoms with E-state index >= 15 is 0 Å². The van der Waals surface area contributed by atoms with E-state index in [1.165, 1.54) is 16.7 Å². The van der Waals surface area contributed by atoms with Gasteiger partial charge >= 0.3 is 0 Å². The number of rotatable bonds is 10. The lowest BCUT2D eigenvalue weighted by Crippen LogP contribution is -2.27. The molecule has 11 heteroatoms. The second-order valence-electron chi connectivity index (χ2n) is 8.05. The van der Waals surface area contributed by atoms with Gasteiger partial charge in [0.05, 0.1) is 33.9 Å². The van der Waals surface area contributed by atoms with E-state index in [9.17, 15) is 9.59 Å². The molecule has 1 heterocycles. The van der Waals surface area contributed by atoms with Crippen LogP contribution in [0.1, 0.15) is 19.4 Å². The lowest BCUT2D eigenvalue weighted by molar-refractivity contribution is -0.118. The van der Waals surface area contributed by atoms with E-state index in [1.54, 1.807) is 66.7 Å². The Hall–Kier alpha value is -3.24. The van der Waals surface area contributed by atoms with Gasteiger partial charge in [-0.25, -0.2) is 0 Å². The van der Waals surface area contributed by atoms with Crippen molar-refractivity contribution in [1.82, 2.24) is 0 Å². The molecule has 1 aliphatic heterocycles. The summed E-state index contributed by atoms with van der Waals surface area (Å²) in [6.07, 6.45) is 1.75. The maximum atomic E-state index is 13.2. The first kappa shape index (κ1) is 28.8. The molecule has 3 aromatic carbocycles. The summed E-state index contributed by atoms with van der Waals surface area (Å²) in [5.41, 5.74) is 1.89. The Morgan fingerprint density at radius 2 is 1.69 bits per heavy atom. The van der Waals surface area contributed by atoms with Gasteiger partial charge in [-0.15, -0.1) is 0 Å². The van der Waals surface area contributed by atoms with Crippen LogP contribution in [0.5, 0.6) is 17.2 Å². The van der Waals surface area contributed by atoms with Crippen LogP contribution in [-0.4, -0.2) is 36.0 Å². The number of ether oxygens (including phenoxy) is 3. The molecule has 0 unspecified atom stereocenters. The molecule has 39 heavy (non-hydrogen) atoms. The highest BCUT2D eigenvalue weighted by atomic mass is 35.5. The van der Waals surface area contributed by atoms with Gasteiger partial charge < -0.3 is 19.5 Å². The molecule has 0 saturated carbocycles. The highest BCUT2D eigenvalue weighted by Crippen LogP contribution is 2.38. The maximum Gasteiger partial charge on any atom is 0.270 e. The van der Waals surface area contributed by atoms with E-state index in [0.717, 1.165) is 11.3 Å². The van der Waals surface area contributed by atoms with Gasteiger partial charge in [0, 0.05) is 5.69 Å². The summed E-state index contributed by atoms with van der Waals surface area (Å²) in [4.78, 5) is 27.5. The minimum Gasteiger partial charge on any atom is -0.494 e. The molecule has 1 fully saturated rings. The first-order valence-electron chi connectivity index (χ1n) is 11.9. The molecule has 7 nitrogen and oxygen atoms in total. The van der Waals surface area contributed by atoms with Gasteiger partial charge in [0.1, 0.15) is 5.75 Å². The van der Waals surface area contributed by atoms with Gasteiger partial charge in [-0.05, 0) is 80.1 Å². The standard InChI is InChI=1S/C28H24Cl2N2O5S2/c1-3-35-20-9-7-19(8-10-20)32-27(34)25(39-28(32)38)14-17-5-12-23(24(13-17)36-4-2)37-16-26(33)31-18-6-11-21(29)22(30)15-18/h5-15H,3-4,16H2,1-2H3,(H,31,33)/b25-14-. The molecule has 3 aromatic rings. The summed E-state index contributed by atoms with van der Waals surface area (Å²) < 4.78 is 17.4. The average molecular weight is 604 g/mol. The predicted octanol–water partition coefficient (Wildman–Crippen LogP) is 7.21. The quantitative estimate of drug-likeness (QED) is 0.194. The number of nitrogens with one attached hydrogen (secondary N) is 1. The summed E-state index contributed by atoms with van der Waals surface area (Å²) in [5.74, 6) is 0.958. The van der Waals surface area contributed by atoms with Crippen molar-refractivity contribution in [1.29, 1.82) is 0 Å². The van der Waals surface area contributed by atoms with Gasteiger partial charge in [0.25, 0.3) is 11.8 Å². The lowest BCUT2D eigenvalue weighted by Gasteiger charge is -2.15. The summed E-state index contributed by atoms with van der Waals surface area (Å²) in [6, 6.07) is 17.2. The Morgan fingerprint density at radius 1 is 0.949 bits per heavy atom. The average Bonchev–Trinajstić information content (AvgIpc) is 3.19. The number of hydrogen-bond donors (Lipinski definition) is 1. The van der Waals surface area contributed by atoms with Crippen LogP contribution in [0.3, 0.4) is 0 Å². The first-order chi connectivity index (χ1) is 18.8. The minimum absolute atomic E-state index is 0.216. The van der Waals surface area contributed by atoms with Crippen LogP contribution in [0, 0.1) is 0 Å². The summed E-state index contributed by atoms with van der Waals surface area (Å²) in [6.45, 7) is 4.44. The fraction of sp³-hybridized carbons (Fsp3) is 0.179. The smallest absolute Gasteiger partial charge is 0.270 e. The van der Waals surface area contributed by atoms with Gasteiger partial charge in [0.15, 0.2) is 22.4 Å². The zero-order valence-corrected chi connectivity index (χ0v) is 24.2. The molecule has 0 radical (unpaired) electrons. The Kier molecular flexibility index (Phi) is 9.74. The molecule has 0 bridgehead atoms. The van der Waals surface area contributed by atoms with Crippen molar-refractivity contribution < 1.29 is 23.8 Å². The first-order valence-corrected chi connectivity index (χ1v) is 13.9.